The molecule has 7 nitrogen and oxygen atoms in total. The number of ether oxygens (including phenoxy) is 3. The molecule has 0 radical (unpaired) electrons. The van der Waals surface area contributed by atoms with Gasteiger partial charge in [0.05, 0.1) is 26.9 Å². The zero-order chi connectivity index (χ0) is 20.2. The molecule has 1 aliphatic heterocycles. The van der Waals surface area contributed by atoms with Gasteiger partial charge in [-0.2, -0.15) is 8.78 Å². The molecule has 1 heterocycles. The molecule has 28 heavy (non-hydrogen) atoms. The summed E-state index contributed by atoms with van der Waals surface area (Å²) in [7, 11) is 1.52. The Morgan fingerprint density at radius 1 is 1.29 bits per heavy atom. The van der Waals surface area contributed by atoms with Crippen LogP contribution in [0, 0.1) is 0 Å². The highest BCUT2D eigenvalue weighted by Gasteiger charge is 2.12. The lowest BCUT2D eigenvalue weighted by Gasteiger charge is -2.26. The van der Waals surface area contributed by atoms with E-state index in [0.717, 1.165) is 45.8 Å². The summed E-state index contributed by atoms with van der Waals surface area (Å²) in [6, 6.07) is 4.71. The zero-order valence-electron chi connectivity index (χ0n) is 16.5. The Kier molecular flexibility index (Phi) is 9.78. The van der Waals surface area contributed by atoms with Gasteiger partial charge in [0.1, 0.15) is 11.5 Å². The maximum Gasteiger partial charge on any atom is 0.387 e. The van der Waals surface area contributed by atoms with E-state index in [1.807, 2.05) is 6.92 Å². The fourth-order valence-corrected chi connectivity index (χ4v) is 2.86. The quantitative estimate of drug-likeness (QED) is 0.356. The van der Waals surface area contributed by atoms with E-state index in [-0.39, 0.29) is 12.3 Å². The third-order valence-corrected chi connectivity index (χ3v) is 4.28. The van der Waals surface area contributed by atoms with Gasteiger partial charge in [-0.3, -0.25) is 4.90 Å². The monoisotopic (exact) mass is 400 g/mol. The Labute approximate surface area is 165 Å². The number of aliphatic imine (C=N–C) groups is 1. The second-order valence-electron chi connectivity index (χ2n) is 6.28. The maximum atomic E-state index is 12.6. The molecule has 1 aliphatic rings. The van der Waals surface area contributed by atoms with Gasteiger partial charge in [-0.05, 0) is 38.1 Å². The number of nitrogens with one attached hydrogen (secondary N) is 2. The van der Waals surface area contributed by atoms with Gasteiger partial charge in [-0.25, -0.2) is 4.99 Å². The Hall–Kier alpha value is -2.13. The van der Waals surface area contributed by atoms with Crippen molar-refractivity contribution in [3.05, 3.63) is 23.8 Å². The molecule has 1 aromatic carbocycles. The van der Waals surface area contributed by atoms with Crippen molar-refractivity contribution in [2.45, 2.75) is 26.5 Å². The normalized spacial score (nSPS) is 15.5. The number of benzene rings is 1. The second kappa shape index (κ2) is 12.4. The van der Waals surface area contributed by atoms with E-state index in [1.54, 1.807) is 12.1 Å². The molecule has 0 atom stereocenters. The number of rotatable bonds is 10. The van der Waals surface area contributed by atoms with Gasteiger partial charge in [0.15, 0.2) is 5.96 Å². The summed E-state index contributed by atoms with van der Waals surface area (Å²) in [5, 5.41) is 6.45. The summed E-state index contributed by atoms with van der Waals surface area (Å²) in [5.74, 6) is 1.30. The fourth-order valence-electron chi connectivity index (χ4n) is 2.86. The highest BCUT2D eigenvalue weighted by Crippen LogP contribution is 2.26. The van der Waals surface area contributed by atoms with Crippen molar-refractivity contribution >= 4 is 5.96 Å². The van der Waals surface area contributed by atoms with Crippen LogP contribution in [-0.2, 0) is 11.3 Å². The van der Waals surface area contributed by atoms with Crippen molar-refractivity contribution in [1.82, 2.24) is 15.5 Å². The van der Waals surface area contributed by atoms with E-state index in [9.17, 15) is 8.78 Å². The lowest BCUT2D eigenvalue weighted by molar-refractivity contribution is -0.0504. The van der Waals surface area contributed by atoms with Gasteiger partial charge in [0, 0.05) is 31.7 Å². The van der Waals surface area contributed by atoms with E-state index in [1.165, 1.54) is 13.2 Å². The first kappa shape index (κ1) is 22.2. The Bertz CT molecular complexity index is 611. The molecule has 0 saturated carbocycles. The number of nitrogens with zero attached hydrogens (tertiary/aromatic N) is 2. The Morgan fingerprint density at radius 2 is 2.07 bits per heavy atom. The predicted octanol–water partition coefficient (Wildman–Crippen LogP) is 2.07. The number of alkyl halides is 2. The molecule has 0 amide bonds. The van der Waals surface area contributed by atoms with Crippen LogP contribution < -0.4 is 20.1 Å². The third kappa shape index (κ3) is 7.85. The lowest BCUT2D eigenvalue weighted by atomic mass is 10.2. The van der Waals surface area contributed by atoms with Crippen LogP contribution in [0.2, 0.25) is 0 Å². The zero-order valence-corrected chi connectivity index (χ0v) is 16.5. The molecule has 0 bridgehead atoms. The first-order chi connectivity index (χ1) is 13.6. The minimum absolute atomic E-state index is 0.0997. The minimum atomic E-state index is -2.89. The van der Waals surface area contributed by atoms with Gasteiger partial charge in [-0.1, -0.05) is 0 Å². The molecule has 2 rings (SSSR count). The van der Waals surface area contributed by atoms with Gasteiger partial charge < -0.3 is 24.8 Å². The SMILES string of the molecule is CCNC(=NCc1cc(OC)ccc1OC(F)F)NCCCN1CCOCC1. The summed E-state index contributed by atoms with van der Waals surface area (Å²) in [6.45, 7) is 5.27. The lowest BCUT2D eigenvalue weighted by Crippen LogP contribution is -2.40. The summed E-state index contributed by atoms with van der Waals surface area (Å²) in [6.07, 6.45) is 0.976. The highest BCUT2D eigenvalue weighted by atomic mass is 19.3. The van der Waals surface area contributed by atoms with Crippen LogP contribution in [0.15, 0.2) is 23.2 Å². The van der Waals surface area contributed by atoms with Crippen LogP contribution in [0.3, 0.4) is 0 Å². The van der Waals surface area contributed by atoms with Crippen molar-refractivity contribution in [1.29, 1.82) is 0 Å². The molecule has 0 unspecified atom stereocenters. The first-order valence-corrected chi connectivity index (χ1v) is 9.56. The molecule has 1 saturated heterocycles. The molecule has 0 spiro atoms. The minimum Gasteiger partial charge on any atom is -0.497 e. The fraction of sp³-hybridized carbons (Fsp3) is 0.632. The van der Waals surface area contributed by atoms with Gasteiger partial charge in [-0.15, -0.1) is 0 Å². The number of hydrogen-bond acceptors (Lipinski definition) is 5. The number of halogens is 2. The van der Waals surface area contributed by atoms with Gasteiger partial charge in [0.2, 0.25) is 0 Å². The molecule has 0 aliphatic carbocycles. The van der Waals surface area contributed by atoms with Crippen LogP contribution in [-0.4, -0.2) is 70.5 Å². The summed E-state index contributed by atoms with van der Waals surface area (Å²) < 4.78 is 40.4. The smallest absolute Gasteiger partial charge is 0.387 e. The number of guanidine groups is 1. The summed E-state index contributed by atoms with van der Waals surface area (Å²) in [4.78, 5) is 6.87. The number of methoxy groups -OCH3 is 1. The summed E-state index contributed by atoms with van der Waals surface area (Å²) >= 11 is 0. The topological polar surface area (TPSA) is 67.4 Å². The number of hydrogen-bond donors (Lipinski definition) is 2. The molecule has 9 heteroatoms. The molecule has 2 N–H and O–H groups in total. The van der Waals surface area contributed by atoms with Crippen molar-refractivity contribution in [2.75, 3.05) is 53.0 Å². The van der Waals surface area contributed by atoms with Gasteiger partial charge in [0.25, 0.3) is 0 Å². The van der Waals surface area contributed by atoms with Crippen molar-refractivity contribution < 1.29 is 23.0 Å². The average Bonchev–Trinajstić information content (AvgIpc) is 2.70. The van der Waals surface area contributed by atoms with E-state index >= 15 is 0 Å². The van der Waals surface area contributed by atoms with Crippen molar-refractivity contribution in [3.63, 3.8) is 0 Å². The maximum absolute atomic E-state index is 12.6. The van der Waals surface area contributed by atoms with E-state index in [0.29, 0.717) is 23.8 Å². The van der Waals surface area contributed by atoms with Crippen LogP contribution in [0.4, 0.5) is 8.78 Å². The first-order valence-electron chi connectivity index (χ1n) is 9.56. The van der Waals surface area contributed by atoms with E-state index in [2.05, 4.69) is 25.3 Å². The van der Waals surface area contributed by atoms with Crippen LogP contribution in [0.1, 0.15) is 18.9 Å². The number of morpholine rings is 1. The Balaban J connectivity index is 1.91. The van der Waals surface area contributed by atoms with Crippen LogP contribution >= 0.6 is 0 Å². The van der Waals surface area contributed by atoms with Crippen molar-refractivity contribution in [3.8, 4) is 11.5 Å². The van der Waals surface area contributed by atoms with E-state index < -0.39 is 6.61 Å². The highest BCUT2D eigenvalue weighted by molar-refractivity contribution is 5.79. The average molecular weight is 400 g/mol. The van der Waals surface area contributed by atoms with Gasteiger partial charge >= 0.3 is 6.61 Å². The largest absolute Gasteiger partial charge is 0.497 e. The molecular formula is C19H30F2N4O3. The second-order valence-corrected chi connectivity index (χ2v) is 6.28. The predicted molar refractivity (Wildman–Crippen MR) is 104 cm³/mol. The van der Waals surface area contributed by atoms with Crippen molar-refractivity contribution in [2.24, 2.45) is 4.99 Å². The molecular weight excluding hydrogens is 370 g/mol. The molecule has 1 aromatic rings. The molecule has 1 fully saturated rings. The Morgan fingerprint density at radius 3 is 2.75 bits per heavy atom. The molecule has 158 valence electrons. The molecule has 0 aromatic heterocycles. The van der Waals surface area contributed by atoms with E-state index in [4.69, 9.17) is 9.47 Å². The standard InChI is InChI=1S/C19H30F2N4O3/c1-3-22-19(23-7-4-8-25-9-11-27-12-10-25)24-14-15-13-16(26-2)5-6-17(15)28-18(20)21/h5-6,13,18H,3-4,7-12,14H2,1-2H3,(H2,22,23,24). The third-order valence-electron chi connectivity index (χ3n) is 4.28. The van der Waals surface area contributed by atoms with Crippen LogP contribution in [0.5, 0.6) is 11.5 Å². The van der Waals surface area contributed by atoms with Crippen LogP contribution in [0.25, 0.3) is 0 Å². The summed E-state index contributed by atoms with van der Waals surface area (Å²) in [5.41, 5.74) is 0.533.